The number of hydrogen-bond acceptors (Lipinski definition) is 6. The number of benzene rings is 2. The third-order valence-corrected chi connectivity index (χ3v) is 6.22. The second kappa shape index (κ2) is 10.0. The van der Waals surface area contributed by atoms with Gasteiger partial charge in [0.15, 0.2) is 17.3 Å². The monoisotopic (exact) mass is 463 g/mol. The van der Waals surface area contributed by atoms with Crippen molar-refractivity contribution in [2.75, 3.05) is 20.8 Å². The van der Waals surface area contributed by atoms with Crippen LogP contribution in [0.1, 0.15) is 40.9 Å². The van der Waals surface area contributed by atoms with E-state index < -0.39 is 5.92 Å². The second-order valence-electron chi connectivity index (χ2n) is 8.26. The molecule has 1 heterocycles. The molecule has 4 rings (SSSR count). The second-order valence-corrected chi connectivity index (χ2v) is 8.26. The SMILES string of the molecule is CCOC(=O)C(c1ccc(OC)c(OC)c1)C1C=CC(NC(=O)c2oc3ccccc3c2C)C1. The standard InChI is InChI=1S/C27H29NO6/c1-5-33-27(30)24(18-11-13-22(31-3)23(15-18)32-4)17-10-12-19(14-17)28-26(29)25-16(2)20-8-6-7-9-21(20)34-25/h6-13,15,17,19,24H,5,14H2,1-4H3,(H,28,29). The largest absolute Gasteiger partial charge is 0.493 e. The lowest BCUT2D eigenvalue weighted by Crippen LogP contribution is -2.34. The van der Waals surface area contributed by atoms with E-state index in [9.17, 15) is 9.59 Å². The molecule has 3 unspecified atom stereocenters. The summed E-state index contributed by atoms with van der Waals surface area (Å²) in [5.74, 6) is 0.154. The Morgan fingerprint density at radius 1 is 1.09 bits per heavy atom. The summed E-state index contributed by atoms with van der Waals surface area (Å²) in [4.78, 5) is 25.9. The lowest BCUT2D eigenvalue weighted by Gasteiger charge is -2.23. The average molecular weight is 464 g/mol. The first kappa shape index (κ1) is 23.4. The first-order valence-electron chi connectivity index (χ1n) is 11.3. The molecule has 0 spiro atoms. The number of amides is 1. The molecule has 3 atom stereocenters. The summed E-state index contributed by atoms with van der Waals surface area (Å²) in [6.45, 7) is 3.94. The number of allylic oxidation sites excluding steroid dienone is 1. The fourth-order valence-corrected chi connectivity index (χ4v) is 4.54. The first-order chi connectivity index (χ1) is 16.5. The molecule has 3 aromatic rings. The predicted molar refractivity (Wildman–Crippen MR) is 128 cm³/mol. The molecule has 1 aromatic heterocycles. The molecule has 2 aromatic carbocycles. The van der Waals surface area contributed by atoms with Crippen molar-refractivity contribution in [3.63, 3.8) is 0 Å². The lowest BCUT2D eigenvalue weighted by molar-refractivity contribution is -0.146. The molecule has 1 N–H and O–H groups in total. The number of carbonyl (C=O) groups excluding carboxylic acids is 2. The molecule has 34 heavy (non-hydrogen) atoms. The zero-order valence-corrected chi connectivity index (χ0v) is 19.8. The van der Waals surface area contributed by atoms with Gasteiger partial charge in [-0.2, -0.15) is 0 Å². The van der Waals surface area contributed by atoms with E-state index in [4.69, 9.17) is 18.6 Å². The maximum Gasteiger partial charge on any atom is 0.314 e. The lowest BCUT2D eigenvalue weighted by atomic mass is 9.85. The van der Waals surface area contributed by atoms with E-state index in [0.717, 1.165) is 16.5 Å². The highest BCUT2D eigenvalue weighted by Crippen LogP contribution is 2.38. The molecule has 7 heteroatoms. The molecule has 178 valence electrons. The zero-order valence-electron chi connectivity index (χ0n) is 19.8. The highest BCUT2D eigenvalue weighted by Gasteiger charge is 2.35. The van der Waals surface area contributed by atoms with Crippen LogP contribution in [-0.4, -0.2) is 38.7 Å². The summed E-state index contributed by atoms with van der Waals surface area (Å²) < 4.78 is 21.9. The van der Waals surface area contributed by atoms with Crippen LogP contribution in [0.3, 0.4) is 0 Å². The Labute approximate surface area is 198 Å². The molecule has 0 fully saturated rings. The van der Waals surface area contributed by atoms with E-state index in [1.807, 2.05) is 49.4 Å². The summed E-state index contributed by atoms with van der Waals surface area (Å²) in [5.41, 5.74) is 2.26. The highest BCUT2D eigenvalue weighted by atomic mass is 16.5. The average Bonchev–Trinajstić information content (AvgIpc) is 3.43. The quantitative estimate of drug-likeness (QED) is 0.382. The molecular formula is C27H29NO6. The summed E-state index contributed by atoms with van der Waals surface area (Å²) >= 11 is 0. The maximum absolute atomic E-state index is 13.0. The molecule has 7 nitrogen and oxygen atoms in total. The van der Waals surface area contributed by atoms with Crippen molar-refractivity contribution in [2.24, 2.45) is 5.92 Å². The van der Waals surface area contributed by atoms with Gasteiger partial charge in [0.05, 0.1) is 26.7 Å². The van der Waals surface area contributed by atoms with Gasteiger partial charge in [0, 0.05) is 17.0 Å². The van der Waals surface area contributed by atoms with Crippen LogP contribution < -0.4 is 14.8 Å². The van der Waals surface area contributed by atoms with Crippen LogP contribution in [0.25, 0.3) is 11.0 Å². The minimum atomic E-state index is -0.536. The topological polar surface area (TPSA) is 87.0 Å². The Morgan fingerprint density at radius 2 is 1.85 bits per heavy atom. The van der Waals surface area contributed by atoms with Crippen molar-refractivity contribution >= 4 is 22.8 Å². The van der Waals surface area contributed by atoms with Gasteiger partial charge in [-0.25, -0.2) is 0 Å². The van der Waals surface area contributed by atoms with Gasteiger partial charge >= 0.3 is 5.97 Å². The van der Waals surface area contributed by atoms with Gasteiger partial charge in [0.1, 0.15) is 5.58 Å². The molecular weight excluding hydrogens is 434 g/mol. The number of ether oxygens (including phenoxy) is 3. The Kier molecular flexibility index (Phi) is 6.91. The van der Waals surface area contributed by atoms with Gasteiger partial charge < -0.3 is 23.9 Å². The van der Waals surface area contributed by atoms with Crippen molar-refractivity contribution in [1.82, 2.24) is 5.32 Å². The third kappa shape index (κ3) is 4.51. The first-order valence-corrected chi connectivity index (χ1v) is 11.3. The normalized spacial score (nSPS) is 18.0. The highest BCUT2D eigenvalue weighted by molar-refractivity contribution is 5.99. The number of carbonyl (C=O) groups is 2. The number of rotatable bonds is 8. The van der Waals surface area contributed by atoms with Crippen molar-refractivity contribution in [1.29, 1.82) is 0 Å². The maximum atomic E-state index is 13.0. The summed E-state index contributed by atoms with van der Waals surface area (Å²) in [6.07, 6.45) is 4.45. The van der Waals surface area contributed by atoms with Gasteiger partial charge in [-0.3, -0.25) is 9.59 Å². The van der Waals surface area contributed by atoms with Gasteiger partial charge in [-0.1, -0.05) is 36.4 Å². The summed E-state index contributed by atoms with van der Waals surface area (Å²) in [6, 6.07) is 12.8. The molecule has 1 amide bonds. The van der Waals surface area contributed by atoms with E-state index in [2.05, 4.69) is 5.32 Å². The summed E-state index contributed by atoms with van der Waals surface area (Å²) in [5, 5.41) is 3.95. The molecule has 0 bridgehead atoms. The molecule has 0 saturated carbocycles. The number of para-hydroxylation sites is 1. The fraction of sp³-hybridized carbons (Fsp3) is 0.333. The van der Waals surface area contributed by atoms with Crippen LogP contribution >= 0.6 is 0 Å². The smallest absolute Gasteiger partial charge is 0.314 e. The third-order valence-electron chi connectivity index (χ3n) is 6.22. The zero-order chi connectivity index (χ0) is 24.2. The van der Waals surface area contributed by atoms with Crippen molar-refractivity contribution in [2.45, 2.75) is 32.2 Å². The van der Waals surface area contributed by atoms with Crippen LogP contribution in [0.15, 0.2) is 59.0 Å². The van der Waals surface area contributed by atoms with Gasteiger partial charge in [0.2, 0.25) is 0 Å². The minimum Gasteiger partial charge on any atom is -0.493 e. The molecule has 0 radical (unpaired) electrons. The van der Waals surface area contributed by atoms with E-state index >= 15 is 0 Å². The van der Waals surface area contributed by atoms with Crippen LogP contribution in [0, 0.1) is 12.8 Å². The molecule has 1 aliphatic carbocycles. The van der Waals surface area contributed by atoms with Crippen LogP contribution in [0.4, 0.5) is 0 Å². The fourth-order valence-electron chi connectivity index (χ4n) is 4.54. The Hall–Kier alpha value is -3.74. The van der Waals surface area contributed by atoms with Crippen molar-refractivity contribution in [3.05, 3.63) is 71.5 Å². The van der Waals surface area contributed by atoms with E-state index in [1.165, 1.54) is 0 Å². The van der Waals surface area contributed by atoms with E-state index in [0.29, 0.717) is 29.3 Å². The number of furan rings is 1. The predicted octanol–water partition coefficient (Wildman–Crippen LogP) is 4.78. The molecule has 0 saturated heterocycles. The Balaban J connectivity index is 1.53. The Morgan fingerprint density at radius 3 is 2.56 bits per heavy atom. The molecule has 0 aliphatic heterocycles. The number of nitrogens with one attached hydrogen (secondary N) is 1. The van der Waals surface area contributed by atoms with E-state index in [1.54, 1.807) is 33.3 Å². The van der Waals surface area contributed by atoms with Crippen LogP contribution in [-0.2, 0) is 9.53 Å². The van der Waals surface area contributed by atoms with E-state index in [-0.39, 0.29) is 30.4 Å². The number of hydrogen-bond donors (Lipinski definition) is 1. The number of methoxy groups -OCH3 is 2. The molecule has 1 aliphatic rings. The van der Waals surface area contributed by atoms with Crippen LogP contribution in [0.2, 0.25) is 0 Å². The van der Waals surface area contributed by atoms with Crippen molar-refractivity contribution in [3.8, 4) is 11.5 Å². The number of fused-ring (bicyclic) bond motifs is 1. The van der Waals surface area contributed by atoms with Gasteiger partial charge in [0.25, 0.3) is 5.91 Å². The van der Waals surface area contributed by atoms with Crippen molar-refractivity contribution < 1.29 is 28.2 Å². The summed E-state index contributed by atoms with van der Waals surface area (Å²) in [7, 11) is 3.12. The number of aryl methyl sites for hydroxylation is 1. The number of esters is 1. The minimum absolute atomic E-state index is 0.153. The van der Waals surface area contributed by atoms with Gasteiger partial charge in [-0.05, 0) is 49.9 Å². The van der Waals surface area contributed by atoms with Gasteiger partial charge in [-0.15, -0.1) is 0 Å². The Bertz CT molecular complexity index is 1230. The van der Waals surface area contributed by atoms with Crippen LogP contribution in [0.5, 0.6) is 11.5 Å².